The van der Waals surface area contributed by atoms with Crippen LogP contribution >= 0.6 is 0 Å². The molecule has 0 bridgehead atoms. The summed E-state index contributed by atoms with van der Waals surface area (Å²) in [5.41, 5.74) is 12.2. The Bertz CT molecular complexity index is 1890. The van der Waals surface area contributed by atoms with E-state index in [1.165, 1.54) is 0 Å². The minimum Gasteiger partial charge on any atom is -0.460 e. The van der Waals surface area contributed by atoms with Crippen molar-refractivity contribution in [1.82, 2.24) is 34.2 Å². The van der Waals surface area contributed by atoms with Crippen LogP contribution in [0, 0.1) is 0 Å². The fourth-order valence-electron chi connectivity index (χ4n) is 6.56. The van der Waals surface area contributed by atoms with Crippen molar-refractivity contribution in [1.29, 1.82) is 0 Å². The van der Waals surface area contributed by atoms with Gasteiger partial charge in [0.15, 0.2) is 0 Å². The summed E-state index contributed by atoms with van der Waals surface area (Å²) in [5.74, 6) is 1.91. The number of nitrogens with zero attached hydrogens (tertiary/aromatic N) is 7. The fraction of sp³-hybridized carbons (Fsp3) is 0.265. The van der Waals surface area contributed by atoms with Crippen LogP contribution in [0.3, 0.4) is 0 Å². The molecule has 4 aromatic heterocycles. The third-order valence-corrected chi connectivity index (χ3v) is 8.93. The quantitative estimate of drug-likeness (QED) is 0.270. The smallest absolute Gasteiger partial charge is 0.316 e. The summed E-state index contributed by atoms with van der Waals surface area (Å²) >= 11 is 0. The summed E-state index contributed by atoms with van der Waals surface area (Å²) in [7, 11) is 0. The Kier molecular flexibility index (Phi) is 6.44. The van der Waals surface area contributed by atoms with Crippen LogP contribution in [0.25, 0.3) is 38.9 Å². The van der Waals surface area contributed by atoms with E-state index in [2.05, 4.69) is 66.7 Å². The van der Waals surface area contributed by atoms with E-state index in [1.807, 2.05) is 24.4 Å². The molecule has 2 fully saturated rings. The number of piperidine rings is 1. The maximum atomic E-state index is 6.48. The first-order valence-electron chi connectivity index (χ1n) is 15.0. The van der Waals surface area contributed by atoms with Gasteiger partial charge in [0.1, 0.15) is 29.0 Å². The van der Waals surface area contributed by atoms with Crippen LogP contribution in [0.2, 0.25) is 0 Å². The van der Waals surface area contributed by atoms with Crippen molar-refractivity contribution >= 4 is 22.2 Å². The first-order chi connectivity index (χ1) is 21.2. The van der Waals surface area contributed by atoms with Crippen molar-refractivity contribution in [2.75, 3.05) is 18.8 Å². The van der Waals surface area contributed by atoms with Gasteiger partial charge in [0.25, 0.3) is 0 Å². The van der Waals surface area contributed by atoms with Gasteiger partial charge in [-0.05, 0) is 43.9 Å². The molecule has 6 aromatic rings. The number of imidazole rings is 1. The van der Waals surface area contributed by atoms with Crippen molar-refractivity contribution in [3.8, 4) is 28.5 Å². The molecular formula is C34H32N8O. The van der Waals surface area contributed by atoms with E-state index in [1.54, 1.807) is 24.7 Å². The van der Waals surface area contributed by atoms with Gasteiger partial charge in [0.05, 0.1) is 11.2 Å². The topological polar surface area (TPSA) is 107 Å². The highest BCUT2D eigenvalue weighted by molar-refractivity contribution is 5.91. The lowest BCUT2D eigenvalue weighted by atomic mass is 9.78. The van der Waals surface area contributed by atoms with Gasteiger partial charge < -0.3 is 15.4 Å². The largest absolute Gasteiger partial charge is 0.460 e. The maximum Gasteiger partial charge on any atom is 0.316 e. The fourth-order valence-corrected chi connectivity index (χ4v) is 6.56. The molecular weight excluding hydrogens is 536 g/mol. The van der Waals surface area contributed by atoms with Crippen molar-refractivity contribution in [2.24, 2.45) is 0 Å². The average molecular weight is 569 g/mol. The van der Waals surface area contributed by atoms with E-state index in [0.717, 1.165) is 83.5 Å². The molecule has 2 aromatic carbocycles. The van der Waals surface area contributed by atoms with Crippen molar-refractivity contribution in [3.05, 3.63) is 97.3 Å². The number of hydrogen-bond donors (Lipinski definition) is 1. The number of pyridine rings is 1. The molecule has 1 saturated heterocycles. The Hall–Kier alpha value is -4.89. The molecule has 2 aliphatic rings. The zero-order valence-electron chi connectivity index (χ0n) is 23.8. The van der Waals surface area contributed by atoms with Crippen molar-refractivity contribution in [2.45, 2.75) is 43.7 Å². The van der Waals surface area contributed by atoms with E-state index >= 15 is 0 Å². The zero-order valence-corrected chi connectivity index (χ0v) is 23.8. The lowest BCUT2D eigenvalue weighted by molar-refractivity contribution is 0.0364. The molecule has 0 radical (unpaired) electrons. The number of likely N-dealkylation sites (tertiary alicyclic amines) is 1. The van der Waals surface area contributed by atoms with Crippen LogP contribution in [0.15, 0.2) is 91.5 Å². The highest BCUT2D eigenvalue weighted by atomic mass is 16.5. The van der Waals surface area contributed by atoms with Crippen LogP contribution < -0.4 is 10.5 Å². The number of anilines is 1. The second-order valence-corrected chi connectivity index (χ2v) is 11.5. The van der Waals surface area contributed by atoms with Gasteiger partial charge in [-0.1, -0.05) is 48.5 Å². The molecule has 1 aliphatic carbocycles. The second kappa shape index (κ2) is 10.7. The molecule has 0 unspecified atom stereocenters. The Morgan fingerprint density at radius 1 is 0.791 bits per heavy atom. The molecule has 1 aliphatic heterocycles. The Morgan fingerprint density at radius 2 is 1.58 bits per heavy atom. The van der Waals surface area contributed by atoms with E-state index < -0.39 is 0 Å². The summed E-state index contributed by atoms with van der Waals surface area (Å²) in [6, 6.07) is 23.6. The van der Waals surface area contributed by atoms with Crippen LogP contribution in [-0.2, 0) is 0 Å². The molecule has 5 heterocycles. The SMILES string of the molecule is Nc1nccn2c(C3CC(N4CCC(Oc5ncccn5)CC4)C3)nc(-c3ccc4ccc(-c5ccccc5)nc4c3)c12. The predicted octanol–water partition coefficient (Wildman–Crippen LogP) is 5.77. The summed E-state index contributed by atoms with van der Waals surface area (Å²) in [6.45, 7) is 2.04. The zero-order chi connectivity index (χ0) is 28.8. The average Bonchev–Trinajstić information content (AvgIpc) is 3.42. The highest BCUT2D eigenvalue weighted by Crippen LogP contribution is 2.42. The van der Waals surface area contributed by atoms with Crippen LogP contribution in [0.5, 0.6) is 6.01 Å². The molecule has 9 nitrogen and oxygen atoms in total. The van der Waals surface area contributed by atoms with Gasteiger partial charge in [-0.25, -0.2) is 24.9 Å². The van der Waals surface area contributed by atoms with Crippen molar-refractivity contribution < 1.29 is 4.74 Å². The first kappa shape index (κ1) is 25.8. The third kappa shape index (κ3) is 4.85. The number of ether oxygens (including phenoxy) is 1. The van der Waals surface area contributed by atoms with Gasteiger partial charge in [0.2, 0.25) is 0 Å². The lowest BCUT2D eigenvalue weighted by Gasteiger charge is -2.45. The van der Waals surface area contributed by atoms with Gasteiger partial charge in [-0.3, -0.25) is 4.40 Å². The van der Waals surface area contributed by atoms with Gasteiger partial charge in [0, 0.05) is 66.3 Å². The Balaban J connectivity index is 1.03. The molecule has 214 valence electrons. The summed E-state index contributed by atoms with van der Waals surface area (Å²) in [4.78, 5) is 25.7. The van der Waals surface area contributed by atoms with Crippen LogP contribution in [-0.4, -0.2) is 59.5 Å². The molecule has 0 spiro atoms. The molecule has 8 rings (SSSR count). The molecule has 0 amide bonds. The number of hydrogen-bond acceptors (Lipinski definition) is 8. The minimum atomic E-state index is 0.170. The third-order valence-electron chi connectivity index (χ3n) is 8.93. The summed E-state index contributed by atoms with van der Waals surface area (Å²) in [6.07, 6.45) is 11.5. The number of nitrogens with two attached hydrogens (primary N) is 1. The van der Waals surface area contributed by atoms with Crippen LogP contribution in [0.4, 0.5) is 5.82 Å². The summed E-state index contributed by atoms with van der Waals surface area (Å²) < 4.78 is 8.15. The molecule has 2 N–H and O–H groups in total. The molecule has 1 saturated carbocycles. The molecule has 0 atom stereocenters. The normalized spacial score (nSPS) is 19.4. The number of aromatic nitrogens is 6. The first-order valence-corrected chi connectivity index (χ1v) is 15.0. The van der Waals surface area contributed by atoms with E-state index in [-0.39, 0.29) is 6.10 Å². The minimum absolute atomic E-state index is 0.170. The number of rotatable bonds is 6. The second-order valence-electron chi connectivity index (χ2n) is 11.5. The standard InChI is InChI=1S/C34H32N8O/c35-32-31-30(24-8-7-23-9-10-28(39-29(23)21-24)22-5-2-1-3-6-22)40-33(42(31)18-15-36-32)25-19-26(20-25)41-16-11-27(12-17-41)43-34-37-13-4-14-38-34/h1-10,13-15,18,21,25-27H,11-12,16-17,19-20H2,(H2,35,36). The maximum absolute atomic E-state index is 6.48. The van der Waals surface area contributed by atoms with Gasteiger partial charge >= 0.3 is 6.01 Å². The lowest BCUT2D eigenvalue weighted by Crippen LogP contribution is -2.49. The highest BCUT2D eigenvalue weighted by Gasteiger charge is 2.39. The van der Waals surface area contributed by atoms with Crippen molar-refractivity contribution in [3.63, 3.8) is 0 Å². The number of benzene rings is 2. The van der Waals surface area contributed by atoms with E-state index in [0.29, 0.717) is 23.8 Å². The molecule has 9 heteroatoms. The Morgan fingerprint density at radius 3 is 2.40 bits per heavy atom. The van der Waals surface area contributed by atoms with E-state index in [4.69, 9.17) is 20.4 Å². The molecule has 43 heavy (non-hydrogen) atoms. The van der Waals surface area contributed by atoms with Gasteiger partial charge in [-0.15, -0.1) is 0 Å². The summed E-state index contributed by atoms with van der Waals surface area (Å²) in [5, 5.41) is 1.09. The Labute approximate surface area is 249 Å². The van der Waals surface area contributed by atoms with Gasteiger partial charge in [-0.2, -0.15) is 0 Å². The van der Waals surface area contributed by atoms with Crippen LogP contribution in [0.1, 0.15) is 37.4 Å². The predicted molar refractivity (Wildman–Crippen MR) is 167 cm³/mol. The number of nitrogen functional groups attached to an aromatic ring is 1. The monoisotopic (exact) mass is 568 g/mol. The number of fused-ring (bicyclic) bond motifs is 2. The van der Waals surface area contributed by atoms with E-state index in [9.17, 15) is 0 Å².